The minimum atomic E-state index is -0.253. The molecule has 128 valence electrons. The monoisotopic (exact) mass is 323 g/mol. The van der Waals surface area contributed by atoms with E-state index in [1.54, 1.807) is 19.2 Å². The number of nitrogens with one attached hydrogen (secondary N) is 1. The molecule has 1 saturated heterocycles. The number of aliphatic hydroxyl groups is 1. The molecule has 2 N–H and O–H groups in total. The number of benzene rings is 1. The van der Waals surface area contributed by atoms with E-state index in [1.807, 2.05) is 6.92 Å². The van der Waals surface area contributed by atoms with E-state index in [9.17, 15) is 9.50 Å². The number of halogens is 1. The lowest BCUT2D eigenvalue weighted by molar-refractivity contribution is 0.108. The molecule has 0 unspecified atom stereocenters. The molecule has 1 aromatic carbocycles. The van der Waals surface area contributed by atoms with Crippen LogP contribution in [0.1, 0.15) is 30.9 Å². The lowest BCUT2D eigenvalue weighted by Crippen LogP contribution is -2.46. The number of hydrogen-bond donors (Lipinski definition) is 2. The summed E-state index contributed by atoms with van der Waals surface area (Å²) >= 11 is 0. The van der Waals surface area contributed by atoms with Gasteiger partial charge in [0.25, 0.3) is 0 Å². The van der Waals surface area contributed by atoms with Crippen molar-refractivity contribution in [3.05, 3.63) is 35.1 Å². The summed E-state index contributed by atoms with van der Waals surface area (Å²) in [5, 5.41) is 12.9. The molecule has 1 aromatic rings. The number of piperidine rings is 1. The maximum absolute atomic E-state index is 13.6. The second kappa shape index (κ2) is 8.84. The van der Waals surface area contributed by atoms with Gasteiger partial charge in [0, 0.05) is 32.3 Å². The van der Waals surface area contributed by atoms with Gasteiger partial charge in [-0.3, -0.25) is 0 Å². The summed E-state index contributed by atoms with van der Waals surface area (Å²) in [6, 6.07) is 5.01. The molecule has 0 amide bonds. The van der Waals surface area contributed by atoms with Gasteiger partial charge in [-0.15, -0.1) is 0 Å². The minimum absolute atomic E-state index is 0.206. The van der Waals surface area contributed by atoms with Crippen LogP contribution in [0.5, 0.6) is 0 Å². The predicted octanol–water partition coefficient (Wildman–Crippen LogP) is 1.89. The van der Waals surface area contributed by atoms with Gasteiger partial charge in [0.15, 0.2) is 5.96 Å². The maximum atomic E-state index is 13.6. The van der Waals surface area contributed by atoms with Gasteiger partial charge < -0.3 is 20.1 Å². The first-order valence-electron chi connectivity index (χ1n) is 8.11. The van der Waals surface area contributed by atoms with Crippen molar-refractivity contribution in [2.45, 2.75) is 39.0 Å². The lowest BCUT2D eigenvalue weighted by atomic mass is 10.1. The SMILES string of the molecule is CCNC(=NCc1ccc(F)c(COC)c1)N1CCC(O)CC1. The van der Waals surface area contributed by atoms with Gasteiger partial charge in [-0.25, -0.2) is 9.38 Å². The molecule has 1 aliphatic rings. The number of methoxy groups -OCH3 is 1. The molecule has 0 aromatic heterocycles. The zero-order valence-electron chi connectivity index (χ0n) is 13.9. The summed E-state index contributed by atoms with van der Waals surface area (Å²) in [6.07, 6.45) is 1.32. The summed E-state index contributed by atoms with van der Waals surface area (Å²) < 4.78 is 18.7. The summed E-state index contributed by atoms with van der Waals surface area (Å²) in [5.74, 6) is 0.591. The quantitative estimate of drug-likeness (QED) is 0.642. The number of hydrogen-bond acceptors (Lipinski definition) is 3. The van der Waals surface area contributed by atoms with Crippen molar-refractivity contribution in [3.8, 4) is 0 Å². The van der Waals surface area contributed by atoms with Gasteiger partial charge in [-0.1, -0.05) is 6.07 Å². The highest BCUT2D eigenvalue weighted by molar-refractivity contribution is 5.80. The first kappa shape index (κ1) is 17.7. The van der Waals surface area contributed by atoms with Gasteiger partial charge in [-0.2, -0.15) is 0 Å². The third-order valence-electron chi connectivity index (χ3n) is 3.92. The number of rotatable bonds is 5. The molecule has 1 aliphatic heterocycles. The molecule has 0 atom stereocenters. The Morgan fingerprint density at radius 1 is 1.43 bits per heavy atom. The van der Waals surface area contributed by atoms with E-state index in [0.29, 0.717) is 12.1 Å². The number of ether oxygens (including phenoxy) is 1. The molecule has 23 heavy (non-hydrogen) atoms. The Kier molecular flexibility index (Phi) is 6.80. The predicted molar refractivity (Wildman–Crippen MR) is 88.7 cm³/mol. The van der Waals surface area contributed by atoms with Gasteiger partial charge in [0.2, 0.25) is 0 Å². The zero-order valence-corrected chi connectivity index (χ0v) is 13.9. The van der Waals surface area contributed by atoms with Crippen LogP contribution in [0.25, 0.3) is 0 Å². The number of nitrogens with zero attached hydrogens (tertiary/aromatic N) is 2. The first-order chi connectivity index (χ1) is 11.1. The highest BCUT2D eigenvalue weighted by atomic mass is 19.1. The fourth-order valence-corrected chi connectivity index (χ4v) is 2.66. The van der Waals surface area contributed by atoms with E-state index in [1.165, 1.54) is 6.07 Å². The number of aliphatic imine (C=N–C) groups is 1. The highest BCUT2D eigenvalue weighted by Crippen LogP contribution is 2.14. The summed E-state index contributed by atoms with van der Waals surface area (Å²) in [6.45, 7) is 5.15. The molecular formula is C17H26FN3O2. The van der Waals surface area contributed by atoms with E-state index in [-0.39, 0.29) is 18.5 Å². The smallest absolute Gasteiger partial charge is 0.194 e. The van der Waals surface area contributed by atoms with Crippen LogP contribution in [-0.2, 0) is 17.9 Å². The molecular weight excluding hydrogens is 297 g/mol. The van der Waals surface area contributed by atoms with Gasteiger partial charge in [0.1, 0.15) is 5.82 Å². The average Bonchev–Trinajstić information content (AvgIpc) is 2.55. The largest absolute Gasteiger partial charge is 0.393 e. The van der Waals surface area contributed by atoms with Crippen molar-refractivity contribution in [3.63, 3.8) is 0 Å². The highest BCUT2D eigenvalue weighted by Gasteiger charge is 2.19. The first-order valence-corrected chi connectivity index (χ1v) is 8.11. The Labute approximate surface area is 137 Å². The molecule has 1 heterocycles. The Morgan fingerprint density at radius 3 is 2.83 bits per heavy atom. The fraction of sp³-hybridized carbons (Fsp3) is 0.588. The topological polar surface area (TPSA) is 57.1 Å². The molecule has 1 fully saturated rings. The second-order valence-electron chi connectivity index (χ2n) is 5.75. The summed E-state index contributed by atoms with van der Waals surface area (Å²) in [4.78, 5) is 6.81. The molecule has 0 aliphatic carbocycles. The maximum Gasteiger partial charge on any atom is 0.194 e. The minimum Gasteiger partial charge on any atom is -0.393 e. The molecule has 0 spiro atoms. The van der Waals surface area contributed by atoms with Crippen LogP contribution in [0.4, 0.5) is 4.39 Å². The van der Waals surface area contributed by atoms with E-state index in [4.69, 9.17) is 4.74 Å². The lowest BCUT2D eigenvalue weighted by Gasteiger charge is -2.32. The van der Waals surface area contributed by atoms with Crippen LogP contribution in [-0.4, -0.2) is 48.8 Å². The van der Waals surface area contributed by atoms with Crippen molar-refractivity contribution in [2.75, 3.05) is 26.7 Å². The van der Waals surface area contributed by atoms with E-state index in [2.05, 4.69) is 15.2 Å². The van der Waals surface area contributed by atoms with Crippen LogP contribution >= 0.6 is 0 Å². The Bertz CT molecular complexity index is 529. The van der Waals surface area contributed by atoms with Crippen molar-refractivity contribution < 1.29 is 14.2 Å². The van der Waals surface area contributed by atoms with Gasteiger partial charge in [-0.05, 0) is 37.5 Å². The third kappa shape index (κ3) is 5.18. The van der Waals surface area contributed by atoms with Crippen molar-refractivity contribution in [2.24, 2.45) is 4.99 Å². The molecule has 2 rings (SSSR count). The Hall–Kier alpha value is -1.66. The molecule has 6 heteroatoms. The van der Waals surface area contributed by atoms with Crippen molar-refractivity contribution >= 4 is 5.96 Å². The van der Waals surface area contributed by atoms with E-state index in [0.717, 1.165) is 44.0 Å². The van der Waals surface area contributed by atoms with Crippen LogP contribution in [0.3, 0.4) is 0 Å². The molecule has 0 bridgehead atoms. The van der Waals surface area contributed by atoms with E-state index >= 15 is 0 Å². The average molecular weight is 323 g/mol. The van der Waals surface area contributed by atoms with Crippen LogP contribution in [0, 0.1) is 5.82 Å². The standard InChI is InChI=1S/C17H26FN3O2/c1-3-19-17(21-8-6-15(22)7-9-21)20-11-13-4-5-16(18)14(10-13)12-23-2/h4-5,10,15,22H,3,6-9,11-12H2,1-2H3,(H,19,20). The van der Waals surface area contributed by atoms with Crippen LogP contribution < -0.4 is 5.32 Å². The normalized spacial score (nSPS) is 16.7. The Morgan fingerprint density at radius 2 is 2.17 bits per heavy atom. The number of likely N-dealkylation sites (tertiary alicyclic amines) is 1. The number of aliphatic hydroxyl groups excluding tert-OH is 1. The summed E-state index contributed by atoms with van der Waals surface area (Å²) in [7, 11) is 1.55. The summed E-state index contributed by atoms with van der Waals surface area (Å²) in [5.41, 5.74) is 1.50. The fourth-order valence-electron chi connectivity index (χ4n) is 2.66. The van der Waals surface area contributed by atoms with Crippen molar-refractivity contribution in [1.82, 2.24) is 10.2 Å². The van der Waals surface area contributed by atoms with Crippen LogP contribution in [0.2, 0.25) is 0 Å². The van der Waals surface area contributed by atoms with Crippen LogP contribution in [0.15, 0.2) is 23.2 Å². The van der Waals surface area contributed by atoms with E-state index < -0.39 is 0 Å². The molecule has 0 radical (unpaired) electrons. The third-order valence-corrected chi connectivity index (χ3v) is 3.92. The van der Waals surface area contributed by atoms with Gasteiger partial charge in [0.05, 0.1) is 19.3 Å². The zero-order chi connectivity index (χ0) is 16.7. The number of guanidine groups is 1. The Balaban J connectivity index is 2.06. The molecule has 5 nitrogen and oxygen atoms in total. The second-order valence-corrected chi connectivity index (χ2v) is 5.75. The molecule has 0 saturated carbocycles. The van der Waals surface area contributed by atoms with Crippen molar-refractivity contribution in [1.29, 1.82) is 0 Å². The van der Waals surface area contributed by atoms with Gasteiger partial charge >= 0.3 is 0 Å².